The summed E-state index contributed by atoms with van der Waals surface area (Å²) in [4.78, 5) is 38.1. The molecular formula is C24H31N3O5. The van der Waals surface area contributed by atoms with E-state index in [9.17, 15) is 14.4 Å². The molecule has 172 valence electrons. The average Bonchev–Trinajstić information content (AvgIpc) is 2.77. The molecule has 2 rings (SSSR count). The minimum absolute atomic E-state index is 0.182. The van der Waals surface area contributed by atoms with Gasteiger partial charge in [0.15, 0.2) is 0 Å². The summed E-state index contributed by atoms with van der Waals surface area (Å²) in [6, 6.07) is 9.12. The summed E-state index contributed by atoms with van der Waals surface area (Å²) in [6.45, 7) is 7.86. The molecule has 2 aromatic rings. The number of hydrogen-bond donors (Lipinski definition) is 3. The standard InChI is InChI=1S/C24H31N3O5/c1-7-25-22(28)16-9-8-15(4)20(12-16)26-24(30)21(14(2)3)27-23(29)17-10-18(31-5)13-19(11-17)32-6/h8-14,21H,7H2,1-6H3,(H,25,28)(H,26,30)(H,27,29). The second-order valence-electron chi connectivity index (χ2n) is 7.67. The van der Waals surface area contributed by atoms with Crippen LogP contribution < -0.4 is 25.4 Å². The van der Waals surface area contributed by atoms with Crippen LogP contribution in [0.2, 0.25) is 0 Å². The maximum absolute atomic E-state index is 13.1. The van der Waals surface area contributed by atoms with Gasteiger partial charge in [0.2, 0.25) is 5.91 Å². The molecule has 0 fully saturated rings. The van der Waals surface area contributed by atoms with E-state index < -0.39 is 11.9 Å². The molecule has 0 bridgehead atoms. The Morgan fingerprint density at radius 3 is 2.06 bits per heavy atom. The highest BCUT2D eigenvalue weighted by Gasteiger charge is 2.26. The van der Waals surface area contributed by atoms with Gasteiger partial charge in [-0.15, -0.1) is 0 Å². The first-order valence-corrected chi connectivity index (χ1v) is 10.4. The molecule has 3 amide bonds. The number of aryl methyl sites for hydroxylation is 1. The van der Waals surface area contributed by atoms with Crippen LogP contribution in [0.5, 0.6) is 11.5 Å². The number of amides is 3. The van der Waals surface area contributed by atoms with Crippen molar-refractivity contribution in [1.29, 1.82) is 0 Å². The number of anilines is 1. The summed E-state index contributed by atoms with van der Waals surface area (Å²) in [6.07, 6.45) is 0. The Morgan fingerprint density at radius 1 is 0.906 bits per heavy atom. The number of hydrogen-bond acceptors (Lipinski definition) is 5. The lowest BCUT2D eigenvalue weighted by Crippen LogP contribution is -2.47. The summed E-state index contributed by atoms with van der Waals surface area (Å²) in [7, 11) is 3.00. The summed E-state index contributed by atoms with van der Waals surface area (Å²) in [5, 5.41) is 8.38. The first kappa shape index (κ1) is 24.7. The third-order valence-corrected chi connectivity index (χ3v) is 4.94. The van der Waals surface area contributed by atoms with Gasteiger partial charge in [-0.3, -0.25) is 14.4 Å². The van der Waals surface area contributed by atoms with Crippen molar-refractivity contribution in [2.45, 2.75) is 33.7 Å². The molecule has 3 N–H and O–H groups in total. The van der Waals surface area contributed by atoms with Crippen LogP contribution in [0, 0.1) is 12.8 Å². The van der Waals surface area contributed by atoms with Gasteiger partial charge < -0.3 is 25.4 Å². The van der Waals surface area contributed by atoms with Crippen molar-refractivity contribution in [3.63, 3.8) is 0 Å². The van der Waals surface area contributed by atoms with E-state index in [1.165, 1.54) is 14.2 Å². The number of methoxy groups -OCH3 is 2. The highest BCUT2D eigenvalue weighted by atomic mass is 16.5. The molecular weight excluding hydrogens is 410 g/mol. The fourth-order valence-electron chi connectivity index (χ4n) is 3.07. The van der Waals surface area contributed by atoms with Gasteiger partial charge in [0.1, 0.15) is 17.5 Å². The fraction of sp³-hybridized carbons (Fsp3) is 0.375. The predicted molar refractivity (Wildman–Crippen MR) is 123 cm³/mol. The van der Waals surface area contributed by atoms with E-state index >= 15 is 0 Å². The van der Waals surface area contributed by atoms with E-state index in [0.717, 1.165) is 5.56 Å². The molecule has 0 radical (unpaired) electrons. The van der Waals surface area contributed by atoms with Gasteiger partial charge in [-0.2, -0.15) is 0 Å². The average molecular weight is 442 g/mol. The van der Waals surface area contributed by atoms with Crippen LogP contribution in [-0.2, 0) is 4.79 Å². The molecule has 0 aliphatic heterocycles. The topological polar surface area (TPSA) is 106 Å². The minimum Gasteiger partial charge on any atom is -0.497 e. The maximum Gasteiger partial charge on any atom is 0.252 e. The smallest absolute Gasteiger partial charge is 0.252 e. The number of nitrogens with one attached hydrogen (secondary N) is 3. The lowest BCUT2D eigenvalue weighted by Gasteiger charge is -2.23. The van der Waals surface area contributed by atoms with Crippen LogP contribution in [-0.4, -0.2) is 44.5 Å². The van der Waals surface area contributed by atoms with Crippen molar-refractivity contribution in [3.8, 4) is 11.5 Å². The van der Waals surface area contributed by atoms with E-state index in [4.69, 9.17) is 9.47 Å². The predicted octanol–water partition coefficient (Wildman–Crippen LogP) is 3.16. The first-order chi connectivity index (χ1) is 15.2. The summed E-state index contributed by atoms with van der Waals surface area (Å²) in [5.41, 5.74) is 2.08. The Kier molecular flexibility index (Phi) is 8.63. The van der Waals surface area contributed by atoms with E-state index in [0.29, 0.717) is 34.9 Å². The number of carbonyl (C=O) groups excluding carboxylic acids is 3. The van der Waals surface area contributed by atoms with Crippen molar-refractivity contribution in [1.82, 2.24) is 10.6 Å². The molecule has 0 aliphatic carbocycles. The number of carbonyl (C=O) groups is 3. The fourth-order valence-corrected chi connectivity index (χ4v) is 3.07. The van der Waals surface area contributed by atoms with Crippen LogP contribution in [0.1, 0.15) is 47.1 Å². The normalized spacial score (nSPS) is 11.5. The minimum atomic E-state index is -0.799. The molecule has 0 aromatic heterocycles. The summed E-state index contributed by atoms with van der Waals surface area (Å²) < 4.78 is 10.4. The van der Waals surface area contributed by atoms with Crippen molar-refractivity contribution in [2.24, 2.45) is 5.92 Å². The van der Waals surface area contributed by atoms with Crippen LogP contribution in [0.4, 0.5) is 5.69 Å². The molecule has 0 spiro atoms. The molecule has 8 nitrogen and oxygen atoms in total. The van der Waals surface area contributed by atoms with E-state index in [-0.39, 0.29) is 17.7 Å². The lowest BCUT2D eigenvalue weighted by molar-refractivity contribution is -0.118. The van der Waals surface area contributed by atoms with Crippen molar-refractivity contribution >= 4 is 23.4 Å². The zero-order chi connectivity index (χ0) is 23.8. The molecule has 32 heavy (non-hydrogen) atoms. The van der Waals surface area contributed by atoms with Gasteiger partial charge in [0.05, 0.1) is 14.2 Å². The summed E-state index contributed by atoms with van der Waals surface area (Å²) in [5.74, 6) is -0.263. The number of benzene rings is 2. The molecule has 8 heteroatoms. The van der Waals surface area contributed by atoms with Gasteiger partial charge in [0.25, 0.3) is 11.8 Å². The zero-order valence-electron chi connectivity index (χ0n) is 19.4. The summed E-state index contributed by atoms with van der Waals surface area (Å²) >= 11 is 0. The van der Waals surface area contributed by atoms with Gasteiger partial charge in [-0.25, -0.2) is 0 Å². The Hall–Kier alpha value is -3.55. The Balaban J connectivity index is 2.23. The van der Waals surface area contributed by atoms with Gasteiger partial charge in [-0.05, 0) is 49.6 Å². The molecule has 0 heterocycles. The first-order valence-electron chi connectivity index (χ1n) is 10.4. The van der Waals surface area contributed by atoms with E-state index in [1.807, 2.05) is 27.7 Å². The quantitative estimate of drug-likeness (QED) is 0.554. The highest BCUT2D eigenvalue weighted by molar-refractivity contribution is 6.03. The monoisotopic (exact) mass is 441 g/mol. The third-order valence-electron chi connectivity index (χ3n) is 4.94. The van der Waals surface area contributed by atoms with Crippen molar-refractivity contribution < 1.29 is 23.9 Å². The van der Waals surface area contributed by atoms with Gasteiger partial charge in [0, 0.05) is 29.4 Å². The van der Waals surface area contributed by atoms with E-state index in [2.05, 4.69) is 16.0 Å². The molecule has 1 atom stereocenters. The van der Waals surface area contributed by atoms with Crippen LogP contribution in [0.15, 0.2) is 36.4 Å². The molecule has 0 saturated heterocycles. The lowest BCUT2D eigenvalue weighted by atomic mass is 10.0. The number of ether oxygens (including phenoxy) is 2. The SMILES string of the molecule is CCNC(=O)c1ccc(C)c(NC(=O)C(NC(=O)c2cc(OC)cc(OC)c2)C(C)C)c1. The van der Waals surface area contributed by atoms with Crippen LogP contribution in [0.3, 0.4) is 0 Å². The maximum atomic E-state index is 13.1. The second-order valence-corrected chi connectivity index (χ2v) is 7.67. The molecule has 1 unspecified atom stereocenters. The largest absolute Gasteiger partial charge is 0.497 e. The highest BCUT2D eigenvalue weighted by Crippen LogP contribution is 2.23. The zero-order valence-corrected chi connectivity index (χ0v) is 19.4. The van der Waals surface area contributed by atoms with Crippen molar-refractivity contribution in [3.05, 3.63) is 53.1 Å². The van der Waals surface area contributed by atoms with Crippen molar-refractivity contribution in [2.75, 3.05) is 26.1 Å². The van der Waals surface area contributed by atoms with E-state index in [1.54, 1.807) is 36.4 Å². The van der Waals surface area contributed by atoms with Crippen LogP contribution >= 0.6 is 0 Å². The third kappa shape index (κ3) is 6.23. The van der Waals surface area contributed by atoms with Crippen LogP contribution in [0.25, 0.3) is 0 Å². The van der Waals surface area contributed by atoms with Gasteiger partial charge in [-0.1, -0.05) is 19.9 Å². The molecule has 2 aromatic carbocycles. The Bertz CT molecular complexity index is 965. The molecule has 0 saturated carbocycles. The number of rotatable bonds is 9. The molecule has 0 aliphatic rings. The Morgan fingerprint density at radius 2 is 1.53 bits per heavy atom. The second kappa shape index (κ2) is 11.2. The van der Waals surface area contributed by atoms with Gasteiger partial charge >= 0.3 is 0 Å². The Labute approximate surface area is 188 Å².